The van der Waals surface area contributed by atoms with Crippen LogP contribution < -0.4 is 0 Å². The van der Waals surface area contributed by atoms with E-state index in [1.165, 1.54) is 48.9 Å². The fourth-order valence-electron chi connectivity index (χ4n) is 4.63. The maximum absolute atomic E-state index is 13.2. The Hall–Kier alpha value is -2.10. The maximum atomic E-state index is 13.2. The summed E-state index contributed by atoms with van der Waals surface area (Å²) in [5.74, 6) is 0.755. The molecule has 1 aromatic heterocycles. The number of hydrogen-bond acceptors (Lipinski definition) is 2. The molecule has 1 fully saturated rings. The van der Waals surface area contributed by atoms with Crippen LogP contribution in [0.15, 0.2) is 24.3 Å². The molecule has 0 bridgehead atoms. The number of carbonyl (C=O) groups is 1. The zero-order valence-electron chi connectivity index (χ0n) is 16.0. The molecule has 0 radical (unpaired) electrons. The molecule has 1 saturated carbocycles. The number of hydrogen-bond donors (Lipinski definition) is 0. The molecular weight excluding hydrogens is 322 g/mol. The lowest BCUT2D eigenvalue weighted by molar-refractivity contribution is 0.0753. The van der Waals surface area contributed by atoms with Gasteiger partial charge in [0.1, 0.15) is 0 Å². The SMILES string of the molecule is Cc1ccccc1-n1nc(C(=O)N(C)CC2CCCCC2)c2c1CCC2. The number of nitrogens with zero attached hydrogens (tertiary/aromatic N) is 3. The third-order valence-electron chi connectivity index (χ3n) is 6.08. The number of amides is 1. The van der Waals surface area contributed by atoms with Crippen LogP contribution in [0.3, 0.4) is 0 Å². The summed E-state index contributed by atoms with van der Waals surface area (Å²) in [5, 5.41) is 4.80. The van der Waals surface area contributed by atoms with Crippen molar-refractivity contribution in [1.82, 2.24) is 14.7 Å². The van der Waals surface area contributed by atoms with Crippen molar-refractivity contribution in [3.63, 3.8) is 0 Å². The smallest absolute Gasteiger partial charge is 0.274 e. The molecule has 0 spiro atoms. The van der Waals surface area contributed by atoms with Gasteiger partial charge in [-0.05, 0) is 56.6 Å². The lowest BCUT2D eigenvalue weighted by Crippen LogP contribution is -2.33. The largest absolute Gasteiger partial charge is 0.340 e. The van der Waals surface area contributed by atoms with E-state index in [1.54, 1.807) is 0 Å². The fourth-order valence-corrected chi connectivity index (χ4v) is 4.63. The number of aromatic nitrogens is 2. The Kier molecular flexibility index (Phi) is 4.84. The minimum atomic E-state index is 0.0982. The molecule has 26 heavy (non-hydrogen) atoms. The van der Waals surface area contributed by atoms with Crippen LogP contribution in [0.5, 0.6) is 0 Å². The standard InChI is InChI=1S/C22H29N3O/c1-16-9-6-7-13-19(16)25-20-14-8-12-18(20)21(23-25)22(26)24(2)15-17-10-4-3-5-11-17/h6-7,9,13,17H,3-5,8,10-12,14-15H2,1-2H3. The highest BCUT2D eigenvalue weighted by Gasteiger charge is 2.29. The summed E-state index contributed by atoms with van der Waals surface area (Å²) in [6.07, 6.45) is 9.58. The number of fused-ring (bicyclic) bond motifs is 1. The lowest BCUT2D eigenvalue weighted by Gasteiger charge is -2.26. The van der Waals surface area contributed by atoms with Crippen molar-refractivity contribution in [3.05, 3.63) is 46.8 Å². The zero-order valence-corrected chi connectivity index (χ0v) is 16.0. The van der Waals surface area contributed by atoms with Crippen LogP contribution in [0.4, 0.5) is 0 Å². The second-order valence-electron chi connectivity index (χ2n) is 8.02. The number of carbonyl (C=O) groups excluding carboxylic acids is 1. The minimum Gasteiger partial charge on any atom is -0.340 e. The quantitative estimate of drug-likeness (QED) is 0.823. The van der Waals surface area contributed by atoms with E-state index < -0.39 is 0 Å². The first-order valence-electron chi connectivity index (χ1n) is 10.1. The second-order valence-corrected chi connectivity index (χ2v) is 8.02. The molecular formula is C22H29N3O. The van der Waals surface area contributed by atoms with Crippen LogP contribution in [0.1, 0.15) is 65.8 Å². The maximum Gasteiger partial charge on any atom is 0.274 e. The van der Waals surface area contributed by atoms with Crippen molar-refractivity contribution in [2.24, 2.45) is 5.92 Å². The average molecular weight is 351 g/mol. The third-order valence-corrected chi connectivity index (χ3v) is 6.08. The summed E-state index contributed by atoms with van der Waals surface area (Å²) in [5.41, 5.74) is 5.38. The van der Waals surface area contributed by atoms with Gasteiger partial charge >= 0.3 is 0 Å². The zero-order chi connectivity index (χ0) is 18.1. The van der Waals surface area contributed by atoms with E-state index in [0.717, 1.165) is 31.5 Å². The molecule has 138 valence electrons. The summed E-state index contributed by atoms with van der Waals surface area (Å²) in [6.45, 7) is 2.97. The monoisotopic (exact) mass is 351 g/mol. The third kappa shape index (κ3) is 3.17. The predicted molar refractivity (Wildman–Crippen MR) is 104 cm³/mol. The van der Waals surface area contributed by atoms with Crippen LogP contribution in [-0.2, 0) is 12.8 Å². The molecule has 1 heterocycles. The van der Waals surface area contributed by atoms with E-state index in [9.17, 15) is 4.79 Å². The molecule has 0 unspecified atom stereocenters. The molecule has 1 aromatic carbocycles. The summed E-state index contributed by atoms with van der Waals surface area (Å²) in [6, 6.07) is 8.30. The van der Waals surface area contributed by atoms with E-state index in [2.05, 4.69) is 19.1 Å². The van der Waals surface area contributed by atoms with Gasteiger partial charge in [0.25, 0.3) is 5.91 Å². The van der Waals surface area contributed by atoms with Crippen molar-refractivity contribution in [2.45, 2.75) is 58.3 Å². The molecule has 0 aliphatic heterocycles. The number of benzene rings is 1. The Labute approximate surface area is 156 Å². The van der Waals surface area contributed by atoms with Gasteiger partial charge < -0.3 is 4.90 Å². The molecule has 2 aliphatic rings. The van der Waals surface area contributed by atoms with Gasteiger partial charge in [0.15, 0.2) is 5.69 Å². The van der Waals surface area contributed by atoms with Gasteiger partial charge in [0.05, 0.1) is 5.69 Å². The minimum absolute atomic E-state index is 0.0982. The first kappa shape index (κ1) is 17.3. The van der Waals surface area contributed by atoms with E-state index in [-0.39, 0.29) is 5.91 Å². The molecule has 2 aromatic rings. The predicted octanol–water partition coefficient (Wildman–Crippen LogP) is 4.32. The second kappa shape index (κ2) is 7.26. The Bertz CT molecular complexity index is 802. The molecule has 0 N–H and O–H groups in total. The number of para-hydroxylation sites is 1. The van der Waals surface area contributed by atoms with Gasteiger partial charge in [-0.25, -0.2) is 4.68 Å². The lowest BCUT2D eigenvalue weighted by atomic mass is 9.89. The molecule has 4 nitrogen and oxygen atoms in total. The van der Waals surface area contributed by atoms with Crippen molar-refractivity contribution < 1.29 is 4.79 Å². The van der Waals surface area contributed by atoms with E-state index in [0.29, 0.717) is 11.6 Å². The van der Waals surface area contributed by atoms with Crippen LogP contribution in [0.2, 0.25) is 0 Å². The van der Waals surface area contributed by atoms with Crippen molar-refractivity contribution in [3.8, 4) is 5.69 Å². The van der Waals surface area contributed by atoms with Crippen molar-refractivity contribution in [2.75, 3.05) is 13.6 Å². The Balaban J connectivity index is 1.61. The summed E-state index contributed by atoms with van der Waals surface area (Å²) >= 11 is 0. The molecule has 4 heteroatoms. The first-order chi connectivity index (χ1) is 12.6. The first-order valence-corrected chi connectivity index (χ1v) is 10.1. The highest BCUT2D eigenvalue weighted by molar-refractivity contribution is 5.94. The van der Waals surface area contributed by atoms with E-state index in [4.69, 9.17) is 5.10 Å². The van der Waals surface area contributed by atoms with Crippen molar-refractivity contribution >= 4 is 5.91 Å². The molecule has 0 atom stereocenters. The number of rotatable bonds is 4. The number of aryl methyl sites for hydroxylation is 1. The van der Waals surface area contributed by atoms with Gasteiger partial charge in [-0.15, -0.1) is 0 Å². The highest BCUT2D eigenvalue weighted by atomic mass is 16.2. The van der Waals surface area contributed by atoms with Gasteiger partial charge in [-0.2, -0.15) is 5.10 Å². The topological polar surface area (TPSA) is 38.1 Å². The Morgan fingerprint density at radius 1 is 1.15 bits per heavy atom. The van der Waals surface area contributed by atoms with Gasteiger partial charge in [-0.1, -0.05) is 37.5 Å². The van der Waals surface area contributed by atoms with Crippen LogP contribution in [0, 0.1) is 12.8 Å². The molecule has 4 rings (SSSR count). The van der Waals surface area contributed by atoms with Gasteiger partial charge in [0, 0.05) is 24.8 Å². The fraction of sp³-hybridized carbons (Fsp3) is 0.545. The average Bonchev–Trinajstić information content (AvgIpc) is 3.25. The molecule has 1 amide bonds. The van der Waals surface area contributed by atoms with Gasteiger partial charge in [-0.3, -0.25) is 4.79 Å². The Morgan fingerprint density at radius 2 is 1.92 bits per heavy atom. The summed E-state index contributed by atoms with van der Waals surface area (Å²) in [4.78, 5) is 15.1. The van der Waals surface area contributed by atoms with Gasteiger partial charge in [0.2, 0.25) is 0 Å². The highest BCUT2D eigenvalue weighted by Crippen LogP contribution is 2.30. The van der Waals surface area contributed by atoms with E-state index >= 15 is 0 Å². The summed E-state index contributed by atoms with van der Waals surface area (Å²) in [7, 11) is 1.95. The summed E-state index contributed by atoms with van der Waals surface area (Å²) < 4.78 is 2.03. The van der Waals surface area contributed by atoms with Crippen LogP contribution >= 0.6 is 0 Å². The Morgan fingerprint density at radius 3 is 2.69 bits per heavy atom. The van der Waals surface area contributed by atoms with Crippen LogP contribution in [0.25, 0.3) is 5.69 Å². The van der Waals surface area contributed by atoms with Crippen molar-refractivity contribution in [1.29, 1.82) is 0 Å². The normalized spacial score (nSPS) is 17.3. The molecule has 0 saturated heterocycles. The molecule has 2 aliphatic carbocycles. The van der Waals surface area contributed by atoms with Crippen LogP contribution in [-0.4, -0.2) is 34.2 Å². The van der Waals surface area contributed by atoms with E-state index in [1.807, 2.05) is 28.8 Å².